The number of anilines is 1. The summed E-state index contributed by atoms with van der Waals surface area (Å²) in [4.78, 5) is 2.04. The highest BCUT2D eigenvalue weighted by molar-refractivity contribution is 9.10. The second kappa shape index (κ2) is 6.14. The Balaban J connectivity index is 3.18. The van der Waals surface area contributed by atoms with Crippen LogP contribution in [0.1, 0.15) is 5.56 Å². The molecule has 1 rings (SSSR count). The van der Waals surface area contributed by atoms with E-state index in [2.05, 4.69) is 35.2 Å². The Labute approximate surface area is 105 Å². The highest BCUT2D eigenvalue weighted by Gasteiger charge is 2.11. The first-order chi connectivity index (χ1) is 7.74. The molecule has 82 valence electrons. The average Bonchev–Trinajstić information content (AvgIpc) is 2.28. The highest BCUT2D eigenvalue weighted by Crippen LogP contribution is 2.26. The van der Waals surface area contributed by atoms with Gasteiger partial charge >= 0.3 is 0 Å². The third-order valence-electron chi connectivity index (χ3n) is 2.14. The van der Waals surface area contributed by atoms with Crippen LogP contribution in [0.2, 0.25) is 0 Å². The Hall–Kier alpha value is -1.53. The van der Waals surface area contributed by atoms with Gasteiger partial charge in [-0.05, 0) is 28.1 Å². The Kier molecular flexibility index (Phi) is 4.81. The Morgan fingerprint density at radius 2 is 1.94 bits per heavy atom. The smallest absolute Gasteiger partial charge is 0.103 e. The van der Waals surface area contributed by atoms with Crippen molar-refractivity contribution in [3.05, 3.63) is 53.5 Å². The van der Waals surface area contributed by atoms with Crippen molar-refractivity contribution in [3.8, 4) is 6.07 Å². The van der Waals surface area contributed by atoms with E-state index in [4.69, 9.17) is 5.26 Å². The zero-order chi connectivity index (χ0) is 12.0. The molecule has 16 heavy (non-hydrogen) atoms. The predicted octanol–water partition coefficient (Wildman–Crippen LogP) is 3.50. The van der Waals surface area contributed by atoms with Crippen molar-refractivity contribution in [1.29, 1.82) is 5.26 Å². The second-order valence-electron chi connectivity index (χ2n) is 3.23. The molecule has 0 aliphatic rings. The molecule has 0 aliphatic heterocycles. The maximum atomic E-state index is 9.13. The molecular weight excluding hydrogens is 264 g/mol. The SMILES string of the molecule is C=CCN(CC=C)c1cccc(Br)c1C#N. The second-order valence-corrected chi connectivity index (χ2v) is 4.08. The van der Waals surface area contributed by atoms with Crippen LogP contribution >= 0.6 is 15.9 Å². The normalized spacial score (nSPS) is 9.25. The Morgan fingerprint density at radius 3 is 2.44 bits per heavy atom. The molecule has 0 heterocycles. The first-order valence-corrected chi connectivity index (χ1v) is 5.69. The molecule has 3 heteroatoms. The summed E-state index contributed by atoms with van der Waals surface area (Å²) in [6.07, 6.45) is 3.62. The van der Waals surface area contributed by atoms with Crippen molar-refractivity contribution in [2.24, 2.45) is 0 Å². The molecule has 1 aromatic rings. The molecule has 0 saturated heterocycles. The van der Waals surface area contributed by atoms with E-state index >= 15 is 0 Å². The number of hydrogen-bond donors (Lipinski definition) is 0. The van der Waals surface area contributed by atoms with Gasteiger partial charge in [0.05, 0.1) is 11.3 Å². The van der Waals surface area contributed by atoms with Crippen molar-refractivity contribution in [2.45, 2.75) is 0 Å². The fourth-order valence-corrected chi connectivity index (χ4v) is 1.91. The van der Waals surface area contributed by atoms with E-state index in [1.807, 2.05) is 35.3 Å². The van der Waals surface area contributed by atoms with E-state index in [9.17, 15) is 0 Å². The lowest BCUT2D eigenvalue weighted by atomic mass is 10.1. The molecule has 0 spiro atoms. The maximum Gasteiger partial charge on any atom is 0.103 e. The molecule has 0 fully saturated rings. The highest BCUT2D eigenvalue weighted by atomic mass is 79.9. The van der Waals surface area contributed by atoms with E-state index in [-0.39, 0.29) is 0 Å². The standard InChI is InChI=1S/C13H13BrN2/c1-3-8-16(9-4-2)13-7-5-6-12(14)11(13)10-15/h3-7H,1-2,8-9H2. The molecule has 1 aromatic carbocycles. The van der Waals surface area contributed by atoms with Gasteiger partial charge in [-0.25, -0.2) is 0 Å². The van der Waals surface area contributed by atoms with E-state index in [0.717, 1.165) is 10.2 Å². The number of hydrogen-bond acceptors (Lipinski definition) is 2. The molecule has 0 radical (unpaired) electrons. The van der Waals surface area contributed by atoms with Crippen molar-refractivity contribution < 1.29 is 0 Å². The van der Waals surface area contributed by atoms with Crippen molar-refractivity contribution in [1.82, 2.24) is 0 Å². The van der Waals surface area contributed by atoms with Gasteiger partial charge in [-0.1, -0.05) is 18.2 Å². The van der Waals surface area contributed by atoms with Crippen molar-refractivity contribution >= 4 is 21.6 Å². The van der Waals surface area contributed by atoms with Crippen LogP contribution < -0.4 is 4.90 Å². The Bertz CT molecular complexity index is 422. The maximum absolute atomic E-state index is 9.13. The summed E-state index contributed by atoms with van der Waals surface area (Å²) in [7, 11) is 0. The predicted molar refractivity (Wildman–Crippen MR) is 71.5 cm³/mol. The lowest BCUT2D eigenvalue weighted by molar-refractivity contribution is 0.953. The molecular formula is C13H13BrN2. The van der Waals surface area contributed by atoms with Gasteiger partial charge < -0.3 is 4.90 Å². The van der Waals surface area contributed by atoms with Gasteiger partial charge in [0.2, 0.25) is 0 Å². The van der Waals surface area contributed by atoms with E-state index in [0.29, 0.717) is 18.7 Å². The molecule has 0 atom stereocenters. The number of rotatable bonds is 5. The third kappa shape index (κ3) is 2.74. The van der Waals surface area contributed by atoms with Gasteiger partial charge in [-0.15, -0.1) is 13.2 Å². The first kappa shape index (κ1) is 12.5. The van der Waals surface area contributed by atoms with Crippen LogP contribution in [0.3, 0.4) is 0 Å². The van der Waals surface area contributed by atoms with E-state index in [1.165, 1.54) is 0 Å². The van der Waals surface area contributed by atoms with Crippen molar-refractivity contribution in [3.63, 3.8) is 0 Å². The zero-order valence-electron chi connectivity index (χ0n) is 8.99. The van der Waals surface area contributed by atoms with Crippen LogP contribution in [0.5, 0.6) is 0 Å². The van der Waals surface area contributed by atoms with Gasteiger partial charge in [0.1, 0.15) is 6.07 Å². The lowest BCUT2D eigenvalue weighted by Crippen LogP contribution is -2.24. The van der Waals surface area contributed by atoms with Crippen molar-refractivity contribution in [2.75, 3.05) is 18.0 Å². The van der Waals surface area contributed by atoms with Crippen LogP contribution in [0.15, 0.2) is 48.0 Å². The van der Waals surface area contributed by atoms with Gasteiger partial charge in [0, 0.05) is 17.6 Å². The summed E-state index contributed by atoms with van der Waals surface area (Å²) in [6.45, 7) is 8.81. The number of nitrogens with zero attached hydrogens (tertiary/aromatic N) is 2. The molecule has 0 amide bonds. The fraction of sp³-hybridized carbons (Fsp3) is 0.154. The monoisotopic (exact) mass is 276 g/mol. The average molecular weight is 277 g/mol. The van der Waals surface area contributed by atoms with Gasteiger partial charge in [-0.2, -0.15) is 5.26 Å². The quantitative estimate of drug-likeness (QED) is 0.770. The lowest BCUT2D eigenvalue weighted by Gasteiger charge is -2.23. The summed E-state index contributed by atoms with van der Waals surface area (Å²) < 4.78 is 0.811. The van der Waals surface area contributed by atoms with Crippen LogP contribution in [-0.4, -0.2) is 13.1 Å². The number of halogens is 1. The molecule has 0 saturated carbocycles. The number of nitriles is 1. The summed E-state index contributed by atoms with van der Waals surface area (Å²) >= 11 is 3.38. The topological polar surface area (TPSA) is 27.0 Å². The fourth-order valence-electron chi connectivity index (χ4n) is 1.47. The molecule has 0 bridgehead atoms. The van der Waals surface area contributed by atoms with Crippen LogP contribution in [0.25, 0.3) is 0 Å². The van der Waals surface area contributed by atoms with Gasteiger partial charge in [0.25, 0.3) is 0 Å². The summed E-state index contributed by atoms with van der Waals surface area (Å²) in [5.74, 6) is 0. The minimum atomic E-state index is 0.645. The molecule has 0 aliphatic carbocycles. The summed E-state index contributed by atoms with van der Waals surface area (Å²) in [6, 6.07) is 7.91. The number of benzene rings is 1. The molecule has 0 aromatic heterocycles. The molecule has 0 N–H and O–H groups in total. The first-order valence-electron chi connectivity index (χ1n) is 4.90. The third-order valence-corrected chi connectivity index (χ3v) is 2.80. The minimum absolute atomic E-state index is 0.645. The van der Waals surface area contributed by atoms with E-state index in [1.54, 1.807) is 0 Å². The zero-order valence-corrected chi connectivity index (χ0v) is 10.6. The summed E-state index contributed by atoms with van der Waals surface area (Å²) in [5, 5.41) is 9.13. The largest absolute Gasteiger partial charge is 0.363 e. The minimum Gasteiger partial charge on any atom is -0.363 e. The van der Waals surface area contributed by atoms with Crippen LogP contribution in [0.4, 0.5) is 5.69 Å². The van der Waals surface area contributed by atoms with E-state index < -0.39 is 0 Å². The summed E-state index contributed by atoms with van der Waals surface area (Å²) in [5.41, 5.74) is 1.54. The van der Waals surface area contributed by atoms with Gasteiger partial charge in [-0.3, -0.25) is 0 Å². The molecule has 2 nitrogen and oxygen atoms in total. The Morgan fingerprint density at radius 1 is 1.31 bits per heavy atom. The molecule has 0 unspecified atom stereocenters. The van der Waals surface area contributed by atoms with Crippen LogP contribution in [-0.2, 0) is 0 Å². The van der Waals surface area contributed by atoms with Crippen LogP contribution in [0, 0.1) is 11.3 Å². The van der Waals surface area contributed by atoms with Gasteiger partial charge in [0.15, 0.2) is 0 Å².